The fourth-order valence-corrected chi connectivity index (χ4v) is 6.43. The summed E-state index contributed by atoms with van der Waals surface area (Å²) in [5.41, 5.74) is 1.63. The van der Waals surface area contributed by atoms with Gasteiger partial charge in [-0.25, -0.2) is 9.97 Å². The first kappa shape index (κ1) is 20.7. The van der Waals surface area contributed by atoms with Crippen LogP contribution in [-0.2, 0) is 0 Å². The maximum absolute atomic E-state index is 12.6. The lowest BCUT2D eigenvalue weighted by Crippen LogP contribution is -2.10. The minimum atomic E-state index is -0.299. The van der Waals surface area contributed by atoms with Crippen molar-refractivity contribution >= 4 is 108 Å². The smallest absolute Gasteiger partial charge is 0.267 e. The minimum Gasteiger partial charge on any atom is -0.297 e. The Bertz CT molecular complexity index is 1370. The van der Waals surface area contributed by atoms with E-state index in [-0.39, 0.29) is 11.8 Å². The van der Waals surface area contributed by atoms with Gasteiger partial charge in [0.25, 0.3) is 11.8 Å². The number of nitrogens with one attached hydrogen (secondary N) is 2. The van der Waals surface area contributed by atoms with Crippen LogP contribution in [0.1, 0.15) is 19.3 Å². The van der Waals surface area contributed by atoms with Gasteiger partial charge in [0.15, 0.2) is 10.3 Å². The van der Waals surface area contributed by atoms with E-state index in [4.69, 9.17) is 0 Å². The molecule has 0 saturated carbocycles. The molecule has 5 rings (SSSR count). The largest absolute Gasteiger partial charge is 0.297 e. The third-order valence-electron chi connectivity index (χ3n) is 4.20. The van der Waals surface area contributed by atoms with E-state index >= 15 is 0 Å². The highest BCUT2D eigenvalue weighted by Crippen LogP contribution is 2.31. The number of thiophene rings is 1. The molecule has 2 amide bonds. The summed E-state index contributed by atoms with van der Waals surface area (Å²) in [5, 5.41) is 6.64. The van der Waals surface area contributed by atoms with Crippen molar-refractivity contribution in [2.75, 3.05) is 10.6 Å². The first-order valence-corrected chi connectivity index (χ1v) is 12.8. The van der Waals surface area contributed by atoms with Gasteiger partial charge in [0.2, 0.25) is 0 Å². The molecule has 31 heavy (non-hydrogen) atoms. The van der Waals surface area contributed by atoms with Crippen molar-refractivity contribution in [3.8, 4) is 0 Å². The first-order chi connectivity index (χ1) is 14.9. The van der Waals surface area contributed by atoms with Gasteiger partial charge < -0.3 is 0 Å². The van der Waals surface area contributed by atoms with Crippen molar-refractivity contribution in [3.05, 3.63) is 67.2 Å². The highest BCUT2D eigenvalue weighted by atomic mass is 79.9. The van der Waals surface area contributed by atoms with Crippen molar-refractivity contribution < 1.29 is 9.59 Å². The fraction of sp³-hybridized carbons (Fsp3) is 0. The lowest BCUT2D eigenvalue weighted by Gasteiger charge is -1.99. The molecule has 3 aromatic heterocycles. The van der Waals surface area contributed by atoms with Gasteiger partial charge in [-0.1, -0.05) is 54.5 Å². The van der Waals surface area contributed by atoms with Crippen LogP contribution in [0.5, 0.6) is 0 Å². The normalized spacial score (nSPS) is 11.2. The van der Waals surface area contributed by atoms with Gasteiger partial charge in [-0.05, 0) is 48.5 Å². The summed E-state index contributed by atoms with van der Waals surface area (Å²) in [6.45, 7) is 0. The molecule has 6 nitrogen and oxygen atoms in total. The van der Waals surface area contributed by atoms with E-state index in [0.717, 1.165) is 40.7 Å². The predicted molar refractivity (Wildman–Crippen MR) is 135 cm³/mol. The van der Waals surface area contributed by atoms with Crippen LogP contribution in [0, 0.1) is 0 Å². The molecule has 11 heteroatoms. The zero-order valence-corrected chi connectivity index (χ0v) is 20.9. The summed E-state index contributed by atoms with van der Waals surface area (Å²) in [7, 11) is 0. The zero-order valence-electron chi connectivity index (χ0n) is 15.3. The van der Waals surface area contributed by atoms with Gasteiger partial charge in [-0.2, -0.15) is 0 Å². The summed E-state index contributed by atoms with van der Waals surface area (Å²) in [6.07, 6.45) is 0. The number of anilines is 2. The number of rotatable bonds is 4. The number of hydrogen-bond donors (Lipinski definition) is 2. The van der Waals surface area contributed by atoms with E-state index < -0.39 is 0 Å². The number of aromatic nitrogens is 2. The van der Waals surface area contributed by atoms with Crippen molar-refractivity contribution in [2.24, 2.45) is 0 Å². The number of nitrogens with zero attached hydrogens (tertiary/aromatic N) is 2. The average Bonchev–Trinajstić information content (AvgIpc) is 3.44. The number of halogens is 2. The summed E-state index contributed by atoms with van der Waals surface area (Å²) in [6, 6.07) is 14.8. The van der Waals surface area contributed by atoms with Crippen LogP contribution in [0.2, 0.25) is 0 Å². The Morgan fingerprint density at radius 3 is 1.58 bits per heavy atom. The second-order valence-corrected chi connectivity index (χ2v) is 11.3. The molecule has 154 valence electrons. The Hall–Kier alpha value is -2.18. The third-order valence-corrected chi connectivity index (χ3v) is 8.13. The topological polar surface area (TPSA) is 84.0 Å². The van der Waals surface area contributed by atoms with Crippen LogP contribution in [0.3, 0.4) is 0 Å². The maximum Gasteiger partial charge on any atom is 0.267 e. The fourth-order valence-electron chi connectivity index (χ4n) is 2.80. The quantitative estimate of drug-likeness (QED) is 0.235. The molecule has 0 bridgehead atoms. The zero-order chi connectivity index (χ0) is 21.5. The molecular formula is C20H10Br2N4O2S3. The van der Waals surface area contributed by atoms with Crippen molar-refractivity contribution in [2.45, 2.75) is 0 Å². The van der Waals surface area contributed by atoms with Crippen molar-refractivity contribution in [3.63, 3.8) is 0 Å². The molecule has 0 radical (unpaired) electrons. The van der Waals surface area contributed by atoms with Crippen LogP contribution in [0.25, 0.3) is 20.4 Å². The highest BCUT2D eigenvalue weighted by molar-refractivity contribution is 9.10. The van der Waals surface area contributed by atoms with Crippen LogP contribution >= 0.6 is 65.9 Å². The van der Waals surface area contributed by atoms with Gasteiger partial charge in [-0.3, -0.25) is 20.2 Å². The lowest BCUT2D eigenvalue weighted by molar-refractivity contribution is 0.102. The minimum absolute atomic E-state index is 0.299. The Labute approximate surface area is 204 Å². The van der Waals surface area contributed by atoms with E-state index in [1.807, 2.05) is 36.4 Å². The highest BCUT2D eigenvalue weighted by Gasteiger charge is 2.17. The summed E-state index contributed by atoms with van der Waals surface area (Å²) >= 11 is 10.8. The molecule has 0 saturated heterocycles. The first-order valence-electron chi connectivity index (χ1n) is 8.79. The number of hydrogen-bond acceptors (Lipinski definition) is 7. The number of thiazole rings is 2. The Kier molecular flexibility index (Phi) is 5.61. The van der Waals surface area contributed by atoms with Crippen LogP contribution in [0.15, 0.2) is 57.5 Å². The van der Waals surface area contributed by atoms with Gasteiger partial charge in [0, 0.05) is 8.95 Å². The molecule has 0 unspecified atom stereocenters. The molecule has 0 spiro atoms. The monoisotopic (exact) mass is 592 g/mol. The summed E-state index contributed by atoms with van der Waals surface area (Å²) in [4.78, 5) is 34.9. The van der Waals surface area contributed by atoms with Crippen molar-refractivity contribution in [1.29, 1.82) is 0 Å². The van der Waals surface area contributed by atoms with Gasteiger partial charge in [-0.15, -0.1) is 11.3 Å². The molecule has 0 aliphatic rings. The Balaban J connectivity index is 1.29. The molecule has 3 heterocycles. The van der Waals surface area contributed by atoms with E-state index in [2.05, 4.69) is 52.5 Å². The summed E-state index contributed by atoms with van der Waals surface area (Å²) < 4.78 is 3.85. The van der Waals surface area contributed by atoms with Gasteiger partial charge in [0.1, 0.15) is 0 Å². The molecular weight excluding hydrogens is 584 g/mol. The standard InChI is InChI=1S/C20H10Br2N4O2S3/c21-9-1-3-11-15(7-9)30-19(23-11)25-17(27)13-5-6-14(29-13)18(28)26-20-24-12-4-2-10(22)8-16(12)31-20/h1-8H,(H,23,25,27)(H,24,26,28). The number of carbonyl (C=O) groups excluding carboxylic acids is 2. The SMILES string of the molecule is O=C(Nc1nc2ccc(Br)cc2s1)c1ccc(C(=O)Nc2nc3ccc(Br)cc3s2)s1. The lowest BCUT2D eigenvalue weighted by atomic mass is 10.3. The Morgan fingerprint density at radius 2 is 1.13 bits per heavy atom. The second kappa shape index (κ2) is 8.40. The van der Waals surface area contributed by atoms with E-state index in [1.165, 1.54) is 22.7 Å². The molecule has 0 aliphatic heterocycles. The van der Waals surface area contributed by atoms with E-state index in [9.17, 15) is 9.59 Å². The maximum atomic E-state index is 12.6. The number of benzene rings is 2. The predicted octanol–water partition coefficient (Wildman–Crippen LogP) is 7.00. The average molecular weight is 594 g/mol. The molecule has 0 atom stereocenters. The van der Waals surface area contributed by atoms with Crippen LogP contribution in [-0.4, -0.2) is 21.8 Å². The third kappa shape index (κ3) is 4.41. The van der Waals surface area contributed by atoms with E-state index in [1.54, 1.807) is 12.1 Å². The van der Waals surface area contributed by atoms with Gasteiger partial charge >= 0.3 is 0 Å². The van der Waals surface area contributed by atoms with Gasteiger partial charge in [0.05, 0.1) is 30.2 Å². The molecule has 0 fully saturated rings. The van der Waals surface area contributed by atoms with Crippen molar-refractivity contribution in [1.82, 2.24) is 9.97 Å². The molecule has 5 aromatic rings. The molecule has 2 aromatic carbocycles. The summed E-state index contributed by atoms with van der Waals surface area (Å²) in [5.74, 6) is -0.598. The number of amides is 2. The Morgan fingerprint density at radius 1 is 0.677 bits per heavy atom. The molecule has 0 aliphatic carbocycles. The van der Waals surface area contributed by atoms with E-state index in [0.29, 0.717) is 20.0 Å². The van der Waals surface area contributed by atoms with Crippen LogP contribution < -0.4 is 10.6 Å². The number of fused-ring (bicyclic) bond motifs is 2. The number of carbonyl (C=O) groups is 2. The van der Waals surface area contributed by atoms with Crippen LogP contribution in [0.4, 0.5) is 10.3 Å². The molecule has 2 N–H and O–H groups in total. The second-order valence-electron chi connectivity index (χ2n) is 6.33.